The smallest absolute Gasteiger partial charge is 0.426 e. The standard InChI is InChI=1S/C19H25Cl2N3O5/c1-19(2,3)29-17(26)23-22-16(25)13-4-6-24(7-5-13)18(27)28-11-12-8-14(20)10-15(21)9-12/h8-10,13H,4-7,11H2,1-3H3,(H,22,25)(H,23,26). The summed E-state index contributed by atoms with van der Waals surface area (Å²) in [6.45, 7) is 5.98. The van der Waals surface area contributed by atoms with Crippen LogP contribution in [0.3, 0.4) is 0 Å². The van der Waals surface area contributed by atoms with Gasteiger partial charge in [0.15, 0.2) is 0 Å². The SMILES string of the molecule is CC(C)(C)OC(=O)NNC(=O)C1CCN(C(=O)OCc2cc(Cl)cc(Cl)c2)CC1. The number of hydrogen-bond donors (Lipinski definition) is 2. The molecule has 160 valence electrons. The summed E-state index contributed by atoms with van der Waals surface area (Å²) in [5, 5.41) is 0.936. The molecule has 0 atom stereocenters. The predicted molar refractivity (Wildman–Crippen MR) is 108 cm³/mol. The van der Waals surface area contributed by atoms with E-state index < -0.39 is 17.8 Å². The van der Waals surface area contributed by atoms with E-state index in [1.54, 1.807) is 39.0 Å². The molecule has 0 aromatic heterocycles. The maximum absolute atomic E-state index is 12.2. The van der Waals surface area contributed by atoms with Crippen molar-refractivity contribution < 1.29 is 23.9 Å². The van der Waals surface area contributed by atoms with E-state index >= 15 is 0 Å². The van der Waals surface area contributed by atoms with Gasteiger partial charge in [0.25, 0.3) is 0 Å². The van der Waals surface area contributed by atoms with Crippen molar-refractivity contribution >= 4 is 41.3 Å². The van der Waals surface area contributed by atoms with Gasteiger partial charge in [-0.2, -0.15) is 0 Å². The first-order valence-corrected chi connectivity index (χ1v) is 9.94. The number of piperidine rings is 1. The third-order valence-electron chi connectivity index (χ3n) is 4.10. The van der Waals surface area contributed by atoms with Crippen LogP contribution in [0.4, 0.5) is 9.59 Å². The van der Waals surface area contributed by atoms with Gasteiger partial charge in [-0.1, -0.05) is 23.2 Å². The molecule has 0 unspecified atom stereocenters. The van der Waals surface area contributed by atoms with E-state index in [0.717, 1.165) is 0 Å². The minimum atomic E-state index is -0.729. The summed E-state index contributed by atoms with van der Waals surface area (Å²) < 4.78 is 10.3. The number of nitrogens with zero attached hydrogens (tertiary/aromatic N) is 1. The zero-order chi connectivity index (χ0) is 21.6. The van der Waals surface area contributed by atoms with Crippen LogP contribution in [0.15, 0.2) is 18.2 Å². The second kappa shape index (κ2) is 10.0. The van der Waals surface area contributed by atoms with Crippen LogP contribution in [0.25, 0.3) is 0 Å². The molecule has 2 N–H and O–H groups in total. The van der Waals surface area contributed by atoms with E-state index in [1.165, 1.54) is 4.90 Å². The van der Waals surface area contributed by atoms with Gasteiger partial charge < -0.3 is 14.4 Å². The number of hydrazine groups is 1. The molecule has 1 heterocycles. The summed E-state index contributed by atoms with van der Waals surface area (Å²) in [4.78, 5) is 37.5. The number of rotatable bonds is 3. The van der Waals surface area contributed by atoms with Crippen LogP contribution in [0, 0.1) is 5.92 Å². The number of likely N-dealkylation sites (tertiary alicyclic amines) is 1. The number of carbonyl (C=O) groups excluding carboxylic acids is 3. The Morgan fingerprint density at radius 2 is 1.66 bits per heavy atom. The second-order valence-electron chi connectivity index (χ2n) is 7.71. The molecule has 8 nitrogen and oxygen atoms in total. The number of nitrogens with one attached hydrogen (secondary N) is 2. The third kappa shape index (κ3) is 7.98. The third-order valence-corrected chi connectivity index (χ3v) is 4.53. The topological polar surface area (TPSA) is 97.0 Å². The Bertz CT molecular complexity index is 738. The summed E-state index contributed by atoms with van der Waals surface area (Å²) in [6.07, 6.45) is -0.278. The van der Waals surface area contributed by atoms with E-state index in [-0.39, 0.29) is 18.4 Å². The number of benzene rings is 1. The van der Waals surface area contributed by atoms with Crippen molar-refractivity contribution in [3.63, 3.8) is 0 Å². The number of carbonyl (C=O) groups is 3. The summed E-state index contributed by atoms with van der Waals surface area (Å²) in [5.74, 6) is -0.641. The fourth-order valence-corrected chi connectivity index (χ4v) is 3.34. The van der Waals surface area contributed by atoms with Gasteiger partial charge in [0, 0.05) is 29.1 Å². The minimum Gasteiger partial charge on any atom is -0.445 e. The Labute approximate surface area is 179 Å². The van der Waals surface area contributed by atoms with Crippen molar-refractivity contribution in [2.75, 3.05) is 13.1 Å². The van der Waals surface area contributed by atoms with Crippen molar-refractivity contribution in [3.05, 3.63) is 33.8 Å². The minimum absolute atomic E-state index is 0.0549. The molecule has 0 spiro atoms. The summed E-state index contributed by atoms with van der Waals surface area (Å²) in [7, 11) is 0. The van der Waals surface area contributed by atoms with E-state index in [0.29, 0.717) is 41.5 Å². The first-order chi connectivity index (χ1) is 13.5. The lowest BCUT2D eigenvalue weighted by molar-refractivity contribution is -0.127. The first kappa shape index (κ1) is 23.1. The van der Waals surface area contributed by atoms with Gasteiger partial charge in [-0.3, -0.25) is 10.2 Å². The molecule has 1 fully saturated rings. The largest absolute Gasteiger partial charge is 0.445 e. The lowest BCUT2D eigenvalue weighted by Gasteiger charge is -2.30. The van der Waals surface area contributed by atoms with Crippen LogP contribution in [-0.2, 0) is 20.9 Å². The quantitative estimate of drug-likeness (QED) is 0.687. The van der Waals surface area contributed by atoms with Crippen LogP contribution in [-0.4, -0.2) is 41.7 Å². The molecule has 0 bridgehead atoms. The van der Waals surface area contributed by atoms with Gasteiger partial charge >= 0.3 is 12.2 Å². The normalized spacial score (nSPS) is 14.9. The predicted octanol–water partition coefficient (Wildman–Crippen LogP) is 3.90. The molecule has 1 aromatic carbocycles. The highest BCUT2D eigenvalue weighted by molar-refractivity contribution is 6.34. The maximum atomic E-state index is 12.2. The van der Waals surface area contributed by atoms with E-state index in [4.69, 9.17) is 32.7 Å². The monoisotopic (exact) mass is 445 g/mol. The fourth-order valence-electron chi connectivity index (χ4n) is 2.77. The van der Waals surface area contributed by atoms with Gasteiger partial charge in [0.2, 0.25) is 5.91 Å². The Kier molecular flexibility index (Phi) is 7.98. The summed E-state index contributed by atoms with van der Waals surface area (Å²) in [5.41, 5.74) is 4.62. The fraction of sp³-hybridized carbons (Fsp3) is 0.526. The number of hydrogen-bond acceptors (Lipinski definition) is 5. The Morgan fingerprint density at radius 3 is 2.21 bits per heavy atom. The second-order valence-corrected chi connectivity index (χ2v) is 8.58. The van der Waals surface area contributed by atoms with Crippen molar-refractivity contribution in [3.8, 4) is 0 Å². The Morgan fingerprint density at radius 1 is 1.07 bits per heavy atom. The molecule has 0 saturated carbocycles. The molecule has 0 radical (unpaired) electrons. The van der Waals surface area contributed by atoms with Gasteiger partial charge in [0.1, 0.15) is 12.2 Å². The first-order valence-electron chi connectivity index (χ1n) is 9.19. The van der Waals surface area contributed by atoms with E-state index in [2.05, 4.69) is 10.9 Å². The average Bonchev–Trinajstić information content (AvgIpc) is 2.62. The van der Waals surface area contributed by atoms with Crippen molar-refractivity contribution in [1.82, 2.24) is 15.8 Å². The zero-order valence-electron chi connectivity index (χ0n) is 16.6. The summed E-state index contributed by atoms with van der Waals surface area (Å²) >= 11 is 11.9. The van der Waals surface area contributed by atoms with Gasteiger partial charge in [0.05, 0.1) is 0 Å². The number of halogens is 2. The molecular weight excluding hydrogens is 421 g/mol. The Balaban J connectivity index is 1.72. The Hall–Kier alpha value is -2.19. The van der Waals surface area contributed by atoms with Crippen LogP contribution in [0.1, 0.15) is 39.2 Å². The van der Waals surface area contributed by atoms with Gasteiger partial charge in [-0.05, 0) is 57.4 Å². The lowest BCUT2D eigenvalue weighted by Crippen LogP contribution is -2.49. The molecule has 2 rings (SSSR count). The summed E-state index contributed by atoms with van der Waals surface area (Å²) in [6, 6.07) is 4.95. The van der Waals surface area contributed by atoms with Crippen molar-refractivity contribution in [1.29, 1.82) is 0 Å². The maximum Gasteiger partial charge on any atom is 0.426 e. The van der Waals surface area contributed by atoms with Crippen LogP contribution >= 0.6 is 23.2 Å². The molecule has 0 aliphatic carbocycles. The number of ether oxygens (including phenoxy) is 2. The molecule has 10 heteroatoms. The van der Waals surface area contributed by atoms with Gasteiger partial charge in [-0.25, -0.2) is 15.0 Å². The van der Waals surface area contributed by atoms with Gasteiger partial charge in [-0.15, -0.1) is 0 Å². The highest BCUT2D eigenvalue weighted by atomic mass is 35.5. The lowest BCUT2D eigenvalue weighted by atomic mass is 9.96. The van der Waals surface area contributed by atoms with Crippen LogP contribution in [0.5, 0.6) is 0 Å². The molecule has 29 heavy (non-hydrogen) atoms. The zero-order valence-corrected chi connectivity index (χ0v) is 18.1. The average molecular weight is 446 g/mol. The molecule has 1 aromatic rings. The highest BCUT2D eigenvalue weighted by Gasteiger charge is 2.28. The highest BCUT2D eigenvalue weighted by Crippen LogP contribution is 2.21. The van der Waals surface area contributed by atoms with Crippen LogP contribution < -0.4 is 10.9 Å². The van der Waals surface area contributed by atoms with Crippen LogP contribution in [0.2, 0.25) is 10.0 Å². The van der Waals surface area contributed by atoms with E-state index in [9.17, 15) is 14.4 Å². The molecular formula is C19H25Cl2N3O5. The van der Waals surface area contributed by atoms with E-state index in [1.807, 2.05) is 0 Å². The number of amides is 3. The van der Waals surface area contributed by atoms with Crippen molar-refractivity contribution in [2.45, 2.75) is 45.8 Å². The molecule has 3 amide bonds. The molecule has 1 aliphatic rings. The molecule has 1 aliphatic heterocycles. The molecule has 1 saturated heterocycles. The van der Waals surface area contributed by atoms with Crippen molar-refractivity contribution in [2.24, 2.45) is 5.92 Å².